The summed E-state index contributed by atoms with van der Waals surface area (Å²) >= 11 is 6.01. The molecule has 2 aliphatic rings. The second-order valence-corrected chi connectivity index (χ2v) is 8.03. The number of aliphatic hydroxyl groups is 1. The molecule has 2 aromatic rings. The van der Waals surface area contributed by atoms with Crippen LogP contribution >= 0.6 is 11.6 Å². The Hall–Kier alpha value is -2.14. The number of halogens is 1. The van der Waals surface area contributed by atoms with Crippen molar-refractivity contribution in [2.75, 3.05) is 13.2 Å². The first-order valence-corrected chi connectivity index (χ1v) is 10.5. The molecule has 0 unspecified atom stereocenters. The summed E-state index contributed by atoms with van der Waals surface area (Å²) in [7, 11) is 0. The molecule has 2 aliphatic heterocycles. The van der Waals surface area contributed by atoms with Gasteiger partial charge in [0.25, 0.3) is 0 Å². The fourth-order valence-corrected chi connectivity index (χ4v) is 4.40. The number of aryl methyl sites for hydroxylation is 1. The van der Waals surface area contributed by atoms with Gasteiger partial charge in [0.15, 0.2) is 5.78 Å². The van der Waals surface area contributed by atoms with Crippen molar-refractivity contribution in [1.29, 1.82) is 0 Å². The van der Waals surface area contributed by atoms with Crippen LogP contribution in [-0.2, 0) is 20.7 Å². The van der Waals surface area contributed by atoms with Crippen molar-refractivity contribution in [3.05, 3.63) is 64.4 Å². The molecule has 1 saturated heterocycles. The van der Waals surface area contributed by atoms with E-state index in [2.05, 4.69) is 13.0 Å². The van der Waals surface area contributed by atoms with Crippen LogP contribution in [0.25, 0.3) is 16.7 Å². The van der Waals surface area contributed by atoms with E-state index in [9.17, 15) is 9.90 Å². The second-order valence-electron chi connectivity index (χ2n) is 7.60. The largest absolute Gasteiger partial charge is 0.508 e. The molecule has 4 nitrogen and oxygen atoms in total. The zero-order valence-electron chi connectivity index (χ0n) is 16.7. The molecule has 0 aromatic heterocycles. The van der Waals surface area contributed by atoms with Crippen LogP contribution in [0.4, 0.5) is 0 Å². The molecular formula is C24H25ClO4. The predicted molar refractivity (Wildman–Crippen MR) is 114 cm³/mol. The minimum Gasteiger partial charge on any atom is -0.508 e. The van der Waals surface area contributed by atoms with E-state index < -0.39 is 11.7 Å². The van der Waals surface area contributed by atoms with Crippen LogP contribution in [0.3, 0.4) is 0 Å². The molecule has 5 heteroatoms. The molecule has 0 saturated carbocycles. The van der Waals surface area contributed by atoms with Gasteiger partial charge in [-0.05, 0) is 60.6 Å². The third kappa shape index (κ3) is 3.50. The maximum Gasteiger partial charge on any atom is 0.195 e. The zero-order chi connectivity index (χ0) is 20.6. The van der Waals surface area contributed by atoms with Gasteiger partial charge < -0.3 is 14.6 Å². The van der Waals surface area contributed by atoms with E-state index in [0.717, 1.165) is 28.7 Å². The summed E-state index contributed by atoms with van der Waals surface area (Å²) in [5.74, 6) is -0.125. The minimum atomic E-state index is -0.913. The van der Waals surface area contributed by atoms with Crippen molar-refractivity contribution < 1.29 is 19.4 Å². The van der Waals surface area contributed by atoms with Crippen molar-refractivity contribution in [3.8, 4) is 11.1 Å². The number of aliphatic hydroxyl groups excluding tert-OH is 1. The van der Waals surface area contributed by atoms with Crippen LogP contribution in [0.5, 0.6) is 0 Å². The highest BCUT2D eigenvalue weighted by atomic mass is 35.5. The van der Waals surface area contributed by atoms with Crippen LogP contribution in [-0.4, -0.2) is 35.8 Å². The smallest absolute Gasteiger partial charge is 0.195 e. The van der Waals surface area contributed by atoms with E-state index in [1.807, 2.05) is 43.3 Å². The molecule has 1 N–H and O–H groups in total. The van der Waals surface area contributed by atoms with Gasteiger partial charge in [-0.25, -0.2) is 0 Å². The summed E-state index contributed by atoms with van der Waals surface area (Å²) in [6.07, 6.45) is 1.42. The first-order chi connectivity index (χ1) is 14.0. The lowest BCUT2D eigenvalue weighted by molar-refractivity contribution is -0.138. The zero-order valence-corrected chi connectivity index (χ0v) is 17.5. The fraction of sp³-hybridized carbons (Fsp3) is 0.375. The van der Waals surface area contributed by atoms with E-state index >= 15 is 0 Å². The third-order valence-corrected chi connectivity index (χ3v) is 6.11. The van der Waals surface area contributed by atoms with Gasteiger partial charge in [0.05, 0.1) is 12.2 Å². The van der Waals surface area contributed by atoms with Crippen LogP contribution in [0.15, 0.2) is 48.2 Å². The minimum absolute atomic E-state index is 0.0126. The van der Waals surface area contributed by atoms with Gasteiger partial charge in [0.2, 0.25) is 0 Å². The lowest BCUT2D eigenvalue weighted by atomic mass is 9.86. The van der Waals surface area contributed by atoms with Crippen LogP contribution in [0.1, 0.15) is 37.8 Å². The highest BCUT2D eigenvalue weighted by molar-refractivity contribution is 6.30. The van der Waals surface area contributed by atoms with Crippen molar-refractivity contribution in [2.45, 2.75) is 44.8 Å². The van der Waals surface area contributed by atoms with E-state index in [0.29, 0.717) is 30.0 Å². The van der Waals surface area contributed by atoms with E-state index in [4.69, 9.17) is 21.1 Å². The summed E-state index contributed by atoms with van der Waals surface area (Å²) in [5.41, 5.74) is 3.37. The van der Waals surface area contributed by atoms with Crippen molar-refractivity contribution in [3.63, 3.8) is 0 Å². The average Bonchev–Trinajstić information content (AvgIpc) is 3.15. The van der Waals surface area contributed by atoms with Gasteiger partial charge in [-0.1, -0.05) is 48.9 Å². The number of carbonyl (C=O) groups excluding carboxylic acids is 1. The molecule has 152 valence electrons. The fourth-order valence-electron chi connectivity index (χ4n) is 4.27. The Bertz CT molecular complexity index is 963. The Labute approximate surface area is 176 Å². The summed E-state index contributed by atoms with van der Waals surface area (Å²) in [6, 6.07) is 13.7. The number of hydrogen-bond acceptors (Lipinski definition) is 4. The maximum absolute atomic E-state index is 13.1. The molecule has 2 aromatic carbocycles. The van der Waals surface area contributed by atoms with Crippen LogP contribution in [0.2, 0.25) is 5.02 Å². The van der Waals surface area contributed by atoms with Gasteiger partial charge in [0.1, 0.15) is 17.5 Å². The van der Waals surface area contributed by atoms with Crippen molar-refractivity contribution in [1.82, 2.24) is 0 Å². The van der Waals surface area contributed by atoms with Crippen LogP contribution in [0, 0.1) is 0 Å². The van der Waals surface area contributed by atoms with Crippen molar-refractivity contribution in [2.24, 2.45) is 0 Å². The molecule has 2 heterocycles. The van der Waals surface area contributed by atoms with E-state index in [-0.39, 0.29) is 18.1 Å². The number of carbonyl (C=O) groups is 1. The van der Waals surface area contributed by atoms with Gasteiger partial charge in [0, 0.05) is 11.6 Å². The van der Waals surface area contributed by atoms with Gasteiger partial charge in [-0.15, -0.1) is 0 Å². The number of ketones is 1. The van der Waals surface area contributed by atoms with E-state index in [1.54, 1.807) is 0 Å². The molecule has 29 heavy (non-hydrogen) atoms. The van der Waals surface area contributed by atoms with E-state index in [1.165, 1.54) is 0 Å². The number of Topliss-reactive ketones (excluding diaryl/α,β-unsaturated/α-hetero) is 1. The first kappa shape index (κ1) is 20.1. The summed E-state index contributed by atoms with van der Waals surface area (Å²) < 4.78 is 11.5. The standard InChI is InChI=1S/C24H25ClO4/c1-3-15-13-17(16-5-8-18(25)9-6-16)7-10-19(15)21-22(26)20-11-12-24(29-20,23(21)27)14-28-4-2/h5-10,13,20,27H,3-4,11-12,14H2,1-2H3/t20-,24+/m1/s1. The molecule has 0 spiro atoms. The molecule has 2 bridgehead atoms. The van der Waals surface area contributed by atoms with Gasteiger partial charge in [-0.3, -0.25) is 4.79 Å². The average molecular weight is 413 g/mol. The lowest BCUT2D eigenvalue weighted by Gasteiger charge is -2.34. The molecule has 0 radical (unpaired) electrons. The molecule has 0 aliphatic carbocycles. The molecular weight excluding hydrogens is 388 g/mol. The Balaban J connectivity index is 1.79. The Kier molecular flexibility index (Phi) is 5.52. The Morgan fingerprint density at radius 3 is 2.59 bits per heavy atom. The second kappa shape index (κ2) is 7.94. The van der Waals surface area contributed by atoms with Crippen molar-refractivity contribution >= 4 is 23.0 Å². The number of hydrogen-bond donors (Lipinski definition) is 1. The van der Waals surface area contributed by atoms with Gasteiger partial charge in [-0.2, -0.15) is 0 Å². The predicted octanol–water partition coefficient (Wildman–Crippen LogP) is 5.38. The van der Waals surface area contributed by atoms with Gasteiger partial charge >= 0.3 is 0 Å². The number of fused-ring (bicyclic) bond motifs is 2. The summed E-state index contributed by atoms with van der Waals surface area (Å²) in [6.45, 7) is 4.75. The number of rotatable bonds is 6. The monoisotopic (exact) mass is 412 g/mol. The normalized spacial score (nSPS) is 23.7. The summed E-state index contributed by atoms with van der Waals surface area (Å²) in [5, 5.41) is 11.8. The highest BCUT2D eigenvalue weighted by Crippen LogP contribution is 2.46. The quantitative estimate of drug-likeness (QED) is 0.692. The Morgan fingerprint density at radius 2 is 1.90 bits per heavy atom. The lowest BCUT2D eigenvalue weighted by Crippen LogP contribution is -2.43. The Morgan fingerprint density at radius 1 is 1.17 bits per heavy atom. The molecule has 0 amide bonds. The molecule has 4 rings (SSSR count). The topological polar surface area (TPSA) is 55.8 Å². The first-order valence-electron chi connectivity index (χ1n) is 10.1. The molecule has 1 fully saturated rings. The summed E-state index contributed by atoms with van der Waals surface area (Å²) in [4.78, 5) is 13.1. The molecule has 2 atom stereocenters. The maximum atomic E-state index is 13.1. The SMILES string of the molecule is CCOC[C@]12CC[C@@H](O1)C(=O)C(c1ccc(-c3ccc(Cl)cc3)cc1CC)=C2O. The third-order valence-electron chi connectivity index (χ3n) is 5.86. The number of benzene rings is 2. The number of ether oxygens (including phenoxy) is 2. The van der Waals surface area contributed by atoms with Crippen LogP contribution < -0.4 is 0 Å². The highest BCUT2D eigenvalue weighted by Gasteiger charge is 2.53.